The molecule has 0 aliphatic heterocycles. The van der Waals surface area contributed by atoms with Crippen LogP contribution in [0.25, 0.3) is 10.8 Å². The zero-order valence-electron chi connectivity index (χ0n) is 13.8. The van der Waals surface area contributed by atoms with Gasteiger partial charge < -0.3 is 4.74 Å². The zero-order valence-corrected chi connectivity index (χ0v) is 15.3. The Hall–Kier alpha value is -2.52. The van der Waals surface area contributed by atoms with E-state index >= 15 is 0 Å². The van der Waals surface area contributed by atoms with Crippen molar-refractivity contribution in [3.05, 3.63) is 71.8 Å². The SMILES string of the molecule is O=S(=O)(NCC#CCOc1ccccc1Cl)c1ccc2ccccc2c1. The molecule has 0 bridgehead atoms. The normalized spacial score (nSPS) is 11.0. The standard InChI is InChI=1S/C20H16ClNO3S/c21-19-9-3-4-10-20(19)25-14-6-5-13-22-26(23,24)18-12-11-16-7-1-2-8-17(16)15-18/h1-4,7-12,15,22H,13-14H2. The number of halogens is 1. The number of rotatable bonds is 5. The summed E-state index contributed by atoms with van der Waals surface area (Å²) >= 11 is 5.97. The number of sulfonamides is 1. The van der Waals surface area contributed by atoms with E-state index in [1.807, 2.05) is 36.4 Å². The molecule has 0 aliphatic rings. The third-order valence-electron chi connectivity index (χ3n) is 3.64. The lowest BCUT2D eigenvalue weighted by Crippen LogP contribution is -2.24. The molecule has 132 valence electrons. The number of benzene rings is 3. The van der Waals surface area contributed by atoms with Crippen molar-refractivity contribution < 1.29 is 13.2 Å². The summed E-state index contributed by atoms with van der Waals surface area (Å²) in [4.78, 5) is 0.213. The van der Waals surface area contributed by atoms with Crippen molar-refractivity contribution >= 4 is 32.4 Å². The first-order valence-corrected chi connectivity index (χ1v) is 9.74. The van der Waals surface area contributed by atoms with Crippen LogP contribution in [0.2, 0.25) is 5.02 Å². The topological polar surface area (TPSA) is 55.4 Å². The second-order valence-electron chi connectivity index (χ2n) is 5.41. The molecule has 0 unspecified atom stereocenters. The number of fused-ring (bicyclic) bond motifs is 1. The minimum atomic E-state index is -3.61. The van der Waals surface area contributed by atoms with Crippen LogP contribution in [0.4, 0.5) is 0 Å². The Morgan fingerprint density at radius 1 is 0.923 bits per heavy atom. The molecule has 0 aromatic heterocycles. The molecular weight excluding hydrogens is 370 g/mol. The van der Waals surface area contributed by atoms with Crippen LogP contribution in [-0.4, -0.2) is 21.6 Å². The molecule has 0 spiro atoms. The fraction of sp³-hybridized carbons (Fsp3) is 0.100. The van der Waals surface area contributed by atoms with E-state index in [0.717, 1.165) is 10.8 Å². The van der Waals surface area contributed by atoms with Crippen LogP contribution < -0.4 is 9.46 Å². The average Bonchev–Trinajstić information content (AvgIpc) is 2.65. The van der Waals surface area contributed by atoms with Gasteiger partial charge in [0.05, 0.1) is 16.5 Å². The van der Waals surface area contributed by atoms with Crippen LogP contribution in [0.15, 0.2) is 71.6 Å². The van der Waals surface area contributed by atoms with Gasteiger partial charge in [0.1, 0.15) is 12.4 Å². The van der Waals surface area contributed by atoms with Gasteiger partial charge in [-0.25, -0.2) is 8.42 Å². The zero-order chi connectivity index (χ0) is 18.4. The average molecular weight is 386 g/mol. The Kier molecular flexibility index (Phi) is 5.79. The van der Waals surface area contributed by atoms with Crippen LogP contribution in [0, 0.1) is 11.8 Å². The second kappa shape index (κ2) is 8.24. The van der Waals surface area contributed by atoms with Crippen molar-refractivity contribution in [2.24, 2.45) is 0 Å². The number of hydrogen-bond donors (Lipinski definition) is 1. The predicted molar refractivity (Wildman–Crippen MR) is 104 cm³/mol. The van der Waals surface area contributed by atoms with Gasteiger partial charge in [-0.2, -0.15) is 4.72 Å². The molecule has 4 nitrogen and oxygen atoms in total. The molecule has 0 fully saturated rings. The Morgan fingerprint density at radius 3 is 2.46 bits per heavy atom. The van der Waals surface area contributed by atoms with E-state index in [2.05, 4.69) is 16.6 Å². The van der Waals surface area contributed by atoms with E-state index in [1.165, 1.54) is 0 Å². The highest BCUT2D eigenvalue weighted by Crippen LogP contribution is 2.22. The van der Waals surface area contributed by atoms with E-state index < -0.39 is 10.0 Å². The van der Waals surface area contributed by atoms with Crippen LogP contribution in [0.5, 0.6) is 5.75 Å². The van der Waals surface area contributed by atoms with Gasteiger partial charge in [-0.05, 0) is 35.0 Å². The molecule has 0 saturated heterocycles. The minimum Gasteiger partial charge on any atom is -0.479 e. The van der Waals surface area contributed by atoms with Gasteiger partial charge in [0.25, 0.3) is 0 Å². The Morgan fingerprint density at radius 2 is 1.65 bits per heavy atom. The molecule has 3 rings (SSSR count). The van der Waals surface area contributed by atoms with E-state index in [-0.39, 0.29) is 18.0 Å². The number of hydrogen-bond acceptors (Lipinski definition) is 3. The minimum absolute atomic E-state index is 0.00103. The van der Waals surface area contributed by atoms with E-state index in [0.29, 0.717) is 10.8 Å². The van der Waals surface area contributed by atoms with Crippen molar-refractivity contribution in [1.29, 1.82) is 0 Å². The smallest absolute Gasteiger partial charge is 0.241 e. The molecule has 3 aromatic carbocycles. The number of nitrogens with one attached hydrogen (secondary N) is 1. The van der Waals surface area contributed by atoms with Crippen molar-refractivity contribution in [3.8, 4) is 17.6 Å². The van der Waals surface area contributed by atoms with Crippen molar-refractivity contribution in [2.45, 2.75) is 4.90 Å². The van der Waals surface area contributed by atoms with Crippen molar-refractivity contribution in [2.75, 3.05) is 13.2 Å². The maximum absolute atomic E-state index is 12.3. The lowest BCUT2D eigenvalue weighted by molar-refractivity contribution is 0.370. The lowest BCUT2D eigenvalue weighted by Gasteiger charge is -2.05. The van der Waals surface area contributed by atoms with Gasteiger partial charge >= 0.3 is 0 Å². The number of ether oxygens (including phenoxy) is 1. The van der Waals surface area contributed by atoms with Crippen LogP contribution in [0.1, 0.15) is 0 Å². The summed E-state index contributed by atoms with van der Waals surface area (Å²) in [6.07, 6.45) is 0. The monoisotopic (exact) mass is 385 g/mol. The van der Waals surface area contributed by atoms with Gasteiger partial charge in [0, 0.05) is 0 Å². The maximum atomic E-state index is 12.3. The highest BCUT2D eigenvalue weighted by atomic mass is 35.5. The number of para-hydroxylation sites is 1. The highest BCUT2D eigenvalue weighted by Gasteiger charge is 2.12. The molecule has 0 radical (unpaired) electrons. The van der Waals surface area contributed by atoms with Crippen LogP contribution in [0.3, 0.4) is 0 Å². The van der Waals surface area contributed by atoms with Gasteiger partial charge in [0.2, 0.25) is 10.0 Å². The molecule has 0 aliphatic carbocycles. The molecule has 3 aromatic rings. The highest BCUT2D eigenvalue weighted by molar-refractivity contribution is 7.89. The third kappa shape index (κ3) is 4.55. The molecule has 1 N–H and O–H groups in total. The van der Waals surface area contributed by atoms with E-state index in [4.69, 9.17) is 16.3 Å². The van der Waals surface area contributed by atoms with E-state index in [9.17, 15) is 8.42 Å². The fourth-order valence-corrected chi connectivity index (χ4v) is 3.49. The Bertz CT molecular complexity index is 1080. The molecule has 0 amide bonds. The first-order valence-electron chi connectivity index (χ1n) is 7.88. The molecule has 0 heterocycles. The van der Waals surface area contributed by atoms with Crippen molar-refractivity contribution in [1.82, 2.24) is 4.72 Å². The molecule has 0 saturated carbocycles. The second-order valence-corrected chi connectivity index (χ2v) is 7.58. The summed E-state index contributed by atoms with van der Waals surface area (Å²) < 4.78 is 32.6. The summed E-state index contributed by atoms with van der Waals surface area (Å²) in [5, 5.41) is 2.36. The molecule has 26 heavy (non-hydrogen) atoms. The first-order chi connectivity index (χ1) is 12.6. The molecule has 0 atom stereocenters. The fourth-order valence-electron chi connectivity index (χ4n) is 2.34. The summed E-state index contributed by atoms with van der Waals surface area (Å²) in [7, 11) is -3.61. The van der Waals surface area contributed by atoms with Crippen molar-refractivity contribution in [3.63, 3.8) is 0 Å². The first kappa shape index (κ1) is 18.3. The van der Waals surface area contributed by atoms with Gasteiger partial charge in [0.15, 0.2) is 0 Å². The van der Waals surface area contributed by atoms with E-state index in [1.54, 1.807) is 30.3 Å². The largest absolute Gasteiger partial charge is 0.479 e. The van der Waals surface area contributed by atoms with Crippen LogP contribution in [-0.2, 0) is 10.0 Å². The maximum Gasteiger partial charge on any atom is 0.241 e. The van der Waals surface area contributed by atoms with Gasteiger partial charge in [-0.1, -0.05) is 65.9 Å². The molecular formula is C20H16ClNO3S. The van der Waals surface area contributed by atoms with Crippen LogP contribution >= 0.6 is 11.6 Å². The predicted octanol–water partition coefficient (Wildman–Crippen LogP) is 3.85. The van der Waals surface area contributed by atoms with Gasteiger partial charge in [-0.3, -0.25) is 0 Å². The Labute approximate surface area is 157 Å². The summed E-state index contributed by atoms with van der Waals surface area (Å²) in [6, 6.07) is 19.7. The summed E-state index contributed by atoms with van der Waals surface area (Å²) in [5.74, 6) is 6.03. The summed E-state index contributed by atoms with van der Waals surface area (Å²) in [6.45, 7) is 0.127. The summed E-state index contributed by atoms with van der Waals surface area (Å²) in [5.41, 5.74) is 0. The Balaban J connectivity index is 1.57. The van der Waals surface area contributed by atoms with Gasteiger partial charge in [-0.15, -0.1) is 0 Å². The lowest BCUT2D eigenvalue weighted by atomic mass is 10.1. The molecule has 6 heteroatoms. The quantitative estimate of drug-likeness (QED) is 0.678. The third-order valence-corrected chi connectivity index (χ3v) is 5.35.